The predicted molar refractivity (Wildman–Crippen MR) is 87.2 cm³/mol. The first-order chi connectivity index (χ1) is 10.1. The van der Waals surface area contributed by atoms with E-state index in [2.05, 4.69) is 22.0 Å². The van der Waals surface area contributed by atoms with Crippen LogP contribution in [0.1, 0.15) is 22.3 Å². The highest BCUT2D eigenvalue weighted by Gasteiger charge is 2.17. The van der Waals surface area contributed by atoms with Crippen LogP contribution in [0.4, 0.5) is 5.69 Å². The summed E-state index contributed by atoms with van der Waals surface area (Å²) < 4.78 is 0.874. The fourth-order valence-electron chi connectivity index (χ4n) is 2.13. The molecule has 0 saturated carbocycles. The van der Waals surface area contributed by atoms with Gasteiger partial charge in [-0.15, -0.1) is 0 Å². The first-order valence-electron chi connectivity index (χ1n) is 6.63. The van der Waals surface area contributed by atoms with Gasteiger partial charge in [-0.25, -0.2) is 0 Å². The number of hydrogen-bond donors (Lipinski definition) is 0. The summed E-state index contributed by atoms with van der Waals surface area (Å²) in [6.45, 7) is 2.33. The zero-order chi connectivity index (χ0) is 15.2. The van der Waals surface area contributed by atoms with Crippen LogP contribution in [0.25, 0.3) is 0 Å². The molecule has 0 spiro atoms. The van der Waals surface area contributed by atoms with E-state index in [0.29, 0.717) is 18.5 Å². The number of rotatable bonds is 4. The van der Waals surface area contributed by atoms with Gasteiger partial charge in [0.25, 0.3) is 5.91 Å². The Morgan fingerprint density at radius 2 is 1.95 bits per heavy atom. The monoisotopic (exact) mass is 342 g/mol. The summed E-state index contributed by atoms with van der Waals surface area (Å²) in [6, 6.07) is 17.1. The molecule has 0 unspecified atom stereocenters. The maximum Gasteiger partial charge on any atom is 0.258 e. The predicted octanol–water partition coefficient (Wildman–Crippen LogP) is 4.32. The van der Waals surface area contributed by atoms with Crippen LogP contribution in [0.15, 0.2) is 53.0 Å². The lowest BCUT2D eigenvalue weighted by molar-refractivity contribution is 0.0987. The zero-order valence-electron chi connectivity index (χ0n) is 11.7. The van der Waals surface area contributed by atoms with Gasteiger partial charge in [-0.3, -0.25) is 4.79 Å². The van der Waals surface area contributed by atoms with Gasteiger partial charge in [-0.2, -0.15) is 5.26 Å². The number of carbonyl (C=O) groups is 1. The topological polar surface area (TPSA) is 44.1 Å². The molecule has 0 N–H and O–H groups in total. The normalized spacial score (nSPS) is 9.95. The average molecular weight is 343 g/mol. The Morgan fingerprint density at radius 3 is 2.57 bits per heavy atom. The number of halogens is 1. The van der Waals surface area contributed by atoms with Crippen molar-refractivity contribution in [1.29, 1.82) is 5.26 Å². The van der Waals surface area contributed by atoms with Crippen LogP contribution in [0.2, 0.25) is 0 Å². The number of nitrogens with zero attached hydrogens (tertiary/aromatic N) is 2. The highest BCUT2D eigenvalue weighted by atomic mass is 79.9. The number of carbonyl (C=O) groups excluding carboxylic acids is 1. The van der Waals surface area contributed by atoms with Gasteiger partial charge in [0.15, 0.2) is 0 Å². The largest absolute Gasteiger partial charge is 0.307 e. The minimum absolute atomic E-state index is 0.0964. The SMILES string of the molecule is Cc1cc(Br)cc(C(=O)N(CCC#N)c2ccccc2)c1. The number of hydrogen-bond acceptors (Lipinski definition) is 2. The Hall–Kier alpha value is -2.12. The lowest BCUT2D eigenvalue weighted by Crippen LogP contribution is -2.31. The highest BCUT2D eigenvalue weighted by molar-refractivity contribution is 9.10. The van der Waals surface area contributed by atoms with E-state index in [1.165, 1.54) is 0 Å². The maximum absolute atomic E-state index is 12.8. The number of amides is 1. The van der Waals surface area contributed by atoms with Crippen molar-refractivity contribution in [3.63, 3.8) is 0 Å². The quantitative estimate of drug-likeness (QED) is 0.830. The molecule has 2 aromatic rings. The Balaban J connectivity index is 2.36. The molecule has 0 radical (unpaired) electrons. The third kappa shape index (κ3) is 3.93. The Labute approximate surface area is 132 Å². The molecule has 4 heteroatoms. The molecule has 0 aliphatic carbocycles. The van der Waals surface area contributed by atoms with Crippen LogP contribution >= 0.6 is 15.9 Å². The van der Waals surface area contributed by atoms with Crippen molar-refractivity contribution in [2.75, 3.05) is 11.4 Å². The summed E-state index contributed by atoms with van der Waals surface area (Å²) in [5, 5.41) is 8.81. The second kappa shape index (κ2) is 7.05. The van der Waals surface area contributed by atoms with Gasteiger partial charge < -0.3 is 4.90 Å². The third-order valence-electron chi connectivity index (χ3n) is 3.05. The molecule has 0 bridgehead atoms. The van der Waals surface area contributed by atoms with Crippen molar-refractivity contribution >= 4 is 27.5 Å². The highest BCUT2D eigenvalue weighted by Crippen LogP contribution is 2.21. The molecule has 0 fully saturated rings. The molecule has 0 saturated heterocycles. The summed E-state index contributed by atoms with van der Waals surface area (Å²) in [6.07, 6.45) is 0.299. The van der Waals surface area contributed by atoms with Gasteiger partial charge in [-0.1, -0.05) is 34.1 Å². The minimum atomic E-state index is -0.0964. The molecule has 2 rings (SSSR count). The van der Waals surface area contributed by atoms with Crippen molar-refractivity contribution < 1.29 is 4.79 Å². The standard InChI is InChI=1S/C17H15BrN2O/c1-13-10-14(12-15(18)11-13)17(21)20(9-5-8-19)16-6-3-2-4-7-16/h2-4,6-7,10-12H,5,9H2,1H3. The van der Waals surface area contributed by atoms with Gasteiger partial charge in [-0.05, 0) is 42.8 Å². The van der Waals surface area contributed by atoms with E-state index >= 15 is 0 Å². The smallest absolute Gasteiger partial charge is 0.258 e. The summed E-state index contributed by atoms with van der Waals surface area (Å²) >= 11 is 3.42. The van der Waals surface area contributed by atoms with Crippen molar-refractivity contribution in [2.24, 2.45) is 0 Å². The number of para-hydroxylation sites is 1. The van der Waals surface area contributed by atoms with E-state index in [1.54, 1.807) is 11.0 Å². The van der Waals surface area contributed by atoms with Crippen LogP contribution in [0, 0.1) is 18.3 Å². The van der Waals surface area contributed by atoms with Crippen LogP contribution in [0.5, 0.6) is 0 Å². The Morgan fingerprint density at radius 1 is 1.24 bits per heavy atom. The van der Waals surface area contributed by atoms with Crippen LogP contribution in [-0.4, -0.2) is 12.5 Å². The van der Waals surface area contributed by atoms with Crippen molar-refractivity contribution in [3.8, 4) is 6.07 Å². The van der Waals surface area contributed by atoms with Gasteiger partial charge in [0.05, 0.1) is 12.5 Å². The molecule has 2 aromatic carbocycles. The Kier molecular flexibility index (Phi) is 5.13. The summed E-state index contributed by atoms with van der Waals surface area (Å²) in [7, 11) is 0. The first kappa shape index (κ1) is 15.3. The second-order valence-corrected chi connectivity index (χ2v) is 5.63. The molecule has 0 heterocycles. The fraction of sp³-hybridized carbons (Fsp3) is 0.176. The van der Waals surface area contributed by atoms with Crippen molar-refractivity contribution in [2.45, 2.75) is 13.3 Å². The molecule has 0 aliphatic heterocycles. The molecular weight excluding hydrogens is 328 g/mol. The van der Waals surface area contributed by atoms with Gasteiger partial charge >= 0.3 is 0 Å². The number of nitriles is 1. The van der Waals surface area contributed by atoms with Crippen LogP contribution < -0.4 is 4.90 Å². The van der Waals surface area contributed by atoms with E-state index < -0.39 is 0 Å². The lowest BCUT2D eigenvalue weighted by Gasteiger charge is -2.22. The molecule has 3 nitrogen and oxygen atoms in total. The lowest BCUT2D eigenvalue weighted by atomic mass is 10.1. The van der Waals surface area contributed by atoms with Gasteiger partial charge in [0, 0.05) is 22.3 Å². The molecular formula is C17H15BrN2O. The van der Waals surface area contributed by atoms with Crippen molar-refractivity contribution in [1.82, 2.24) is 0 Å². The van der Waals surface area contributed by atoms with Crippen molar-refractivity contribution in [3.05, 3.63) is 64.1 Å². The van der Waals surface area contributed by atoms with Crippen LogP contribution in [0.3, 0.4) is 0 Å². The number of aryl methyl sites for hydroxylation is 1. The second-order valence-electron chi connectivity index (χ2n) is 4.72. The first-order valence-corrected chi connectivity index (χ1v) is 7.42. The molecule has 0 atom stereocenters. The third-order valence-corrected chi connectivity index (χ3v) is 3.51. The van der Waals surface area contributed by atoms with Crippen LogP contribution in [-0.2, 0) is 0 Å². The molecule has 0 aliphatic rings. The fourth-order valence-corrected chi connectivity index (χ4v) is 2.74. The van der Waals surface area contributed by atoms with E-state index in [4.69, 9.17) is 5.26 Å². The number of benzene rings is 2. The minimum Gasteiger partial charge on any atom is -0.307 e. The average Bonchev–Trinajstić information content (AvgIpc) is 2.47. The summed E-state index contributed by atoms with van der Waals surface area (Å²) in [5.74, 6) is -0.0964. The van der Waals surface area contributed by atoms with E-state index in [0.717, 1.165) is 15.7 Å². The summed E-state index contributed by atoms with van der Waals surface area (Å²) in [4.78, 5) is 14.4. The van der Waals surface area contributed by atoms with Gasteiger partial charge in [0.1, 0.15) is 0 Å². The van der Waals surface area contributed by atoms with E-state index in [9.17, 15) is 4.79 Å². The number of anilines is 1. The molecule has 1 amide bonds. The summed E-state index contributed by atoms with van der Waals surface area (Å²) in [5.41, 5.74) is 2.43. The Bertz CT molecular complexity index is 657. The molecule has 0 aromatic heterocycles. The van der Waals surface area contributed by atoms with Gasteiger partial charge in [0.2, 0.25) is 0 Å². The van der Waals surface area contributed by atoms with E-state index in [1.807, 2.05) is 49.4 Å². The maximum atomic E-state index is 12.8. The molecule has 106 valence electrons. The zero-order valence-corrected chi connectivity index (χ0v) is 13.3. The van der Waals surface area contributed by atoms with E-state index in [-0.39, 0.29) is 5.91 Å². The molecule has 21 heavy (non-hydrogen) atoms.